The molecule has 1 heterocycles. The summed E-state index contributed by atoms with van der Waals surface area (Å²) in [4.78, 5) is 12.0. The van der Waals surface area contributed by atoms with Gasteiger partial charge in [-0.2, -0.15) is 0 Å². The van der Waals surface area contributed by atoms with E-state index in [1.807, 2.05) is 30.3 Å². The molecule has 5 nitrogen and oxygen atoms in total. The molecule has 3 aromatic rings. The molecule has 0 aliphatic rings. The minimum absolute atomic E-state index is 0.147. The summed E-state index contributed by atoms with van der Waals surface area (Å²) in [6, 6.07) is 17.8. The summed E-state index contributed by atoms with van der Waals surface area (Å²) in [6.07, 6.45) is 0. The summed E-state index contributed by atoms with van der Waals surface area (Å²) in [5.41, 5.74) is 4.49. The lowest BCUT2D eigenvalue weighted by Crippen LogP contribution is -2.13. The molecule has 0 atom stereocenters. The van der Waals surface area contributed by atoms with E-state index < -0.39 is 0 Å². The van der Waals surface area contributed by atoms with Crippen LogP contribution in [0.5, 0.6) is 0 Å². The maximum Gasteiger partial charge on any atom is 0.271 e. The van der Waals surface area contributed by atoms with Gasteiger partial charge in [0.15, 0.2) is 0 Å². The van der Waals surface area contributed by atoms with Gasteiger partial charge in [0.2, 0.25) is 0 Å². The number of nitrogens with zero attached hydrogens (tertiary/aromatic N) is 1. The maximum atomic E-state index is 12.0. The molecule has 0 saturated carbocycles. The molecule has 100 valence electrons. The second-order valence-corrected chi connectivity index (χ2v) is 4.36. The van der Waals surface area contributed by atoms with Gasteiger partial charge in [0.05, 0.1) is 11.4 Å². The number of aromatic nitrogens is 2. The van der Waals surface area contributed by atoms with Gasteiger partial charge in [-0.1, -0.05) is 30.3 Å². The lowest BCUT2D eigenvalue weighted by Gasteiger charge is -2.09. The number of aromatic amines is 1. The van der Waals surface area contributed by atoms with Crippen LogP contribution in [0.1, 0.15) is 0 Å². The Morgan fingerprint density at radius 1 is 1.00 bits per heavy atom. The molecule has 0 amide bonds. The molecule has 0 fully saturated rings. The topological polar surface area (TPSA) is 72.9 Å². The van der Waals surface area contributed by atoms with Gasteiger partial charge in [-0.25, -0.2) is 4.68 Å². The summed E-state index contributed by atoms with van der Waals surface area (Å²) in [5, 5.41) is 13.6. The molecule has 1 aromatic heterocycles. The van der Waals surface area contributed by atoms with E-state index in [-0.39, 0.29) is 5.56 Å². The van der Waals surface area contributed by atoms with E-state index in [1.54, 1.807) is 35.8 Å². The lowest BCUT2D eigenvalue weighted by molar-refractivity contribution is 0.853. The van der Waals surface area contributed by atoms with E-state index in [1.165, 1.54) is 4.68 Å². The molecule has 3 rings (SSSR count). The van der Waals surface area contributed by atoms with Gasteiger partial charge in [0, 0.05) is 11.8 Å². The zero-order chi connectivity index (χ0) is 13.9. The third-order valence-electron chi connectivity index (χ3n) is 3.05. The van der Waals surface area contributed by atoms with E-state index >= 15 is 0 Å². The van der Waals surface area contributed by atoms with Crippen LogP contribution in [0.3, 0.4) is 0 Å². The van der Waals surface area contributed by atoms with Crippen molar-refractivity contribution in [2.24, 2.45) is 0 Å². The first-order valence-corrected chi connectivity index (χ1v) is 6.14. The average molecular weight is 266 g/mol. The maximum absolute atomic E-state index is 12.0. The van der Waals surface area contributed by atoms with Crippen molar-refractivity contribution in [2.45, 2.75) is 0 Å². The van der Waals surface area contributed by atoms with Gasteiger partial charge in [-0.3, -0.25) is 9.89 Å². The first-order valence-electron chi connectivity index (χ1n) is 6.14. The number of anilines is 1. The Morgan fingerprint density at radius 2 is 1.70 bits per heavy atom. The van der Waals surface area contributed by atoms with Crippen molar-refractivity contribution in [3.8, 4) is 16.9 Å². The highest BCUT2D eigenvalue weighted by atomic mass is 16.5. The standard InChI is InChI=1S/C15H12N3O2/c19-15-10-14(11-4-2-1-3-5-11)16-18(15)13-8-6-12(17-20)7-9-13/h1-10,16-17H/q-1. The van der Waals surface area contributed by atoms with Crippen molar-refractivity contribution in [3.05, 3.63) is 76.2 Å². The van der Waals surface area contributed by atoms with Crippen molar-refractivity contribution >= 4 is 5.69 Å². The van der Waals surface area contributed by atoms with Crippen LogP contribution in [0.2, 0.25) is 0 Å². The molecule has 0 unspecified atom stereocenters. The summed E-state index contributed by atoms with van der Waals surface area (Å²) in [6.45, 7) is 0. The molecule has 2 aromatic carbocycles. The Morgan fingerprint density at radius 3 is 2.35 bits per heavy atom. The Kier molecular flexibility index (Phi) is 3.10. The fourth-order valence-electron chi connectivity index (χ4n) is 2.03. The van der Waals surface area contributed by atoms with Crippen molar-refractivity contribution in [2.75, 3.05) is 5.48 Å². The molecule has 2 N–H and O–H groups in total. The SMILES string of the molecule is O=c1cc(-c2ccccc2)[nH]n1-c1ccc(N[O-])cc1. The van der Waals surface area contributed by atoms with Crippen molar-refractivity contribution < 1.29 is 0 Å². The number of nitrogens with one attached hydrogen (secondary N) is 2. The van der Waals surface area contributed by atoms with Crippen LogP contribution < -0.4 is 11.0 Å². The summed E-state index contributed by atoms with van der Waals surface area (Å²) >= 11 is 0. The predicted molar refractivity (Wildman–Crippen MR) is 78.8 cm³/mol. The van der Waals surface area contributed by atoms with Gasteiger partial charge in [0.25, 0.3) is 5.56 Å². The van der Waals surface area contributed by atoms with Gasteiger partial charge >= 0.3 is 0 Å². The fraction of sp³-hybridized carbons (Fsp3) is 0. The van der Waals surface area contributed by atoms with Gasteiger partial charge in [-0.05, 0) is 29.8 Å². The van der Waals surface area contributed by atoms with Crippen LogP contribution in [0, 0.1) is 5.21 Å². The van der Waals surface area contributed by atoms with Crippen LogP contribution in [0.15, 0.2) is 65.5 Å². The van der Waals surface area contributed by atoms with E-state index in [0.29, 0.717) is 11.4 Å². The molecule has 5 heteroatoms. The van der Waals surface area contributed by atoms with Crippen molar-refractivity contribution in [1.29, 1.82) is 0 Å². The van der Waals surface area contributed by atoms with Gasteiger partial charge < -0.3 is 10.7 Å². The number of hydrogen-bond acceptors (Lipinski definition) is 3. The Labute approximate surface area is 115 Å². The Bertz CT molecular complexity index is 758. The quantitative estimate of drug-likeness (QED) is 0.716. The largest absolute Gasteiger partial charge is 0.761 e. The molecule has 0 saturated heterocycles. The molecule has 0 radical (unpaired) electrons. The minimum atomic E-state index is -0.147. The van der Waals surface area contributed by atoms with Crippen molar-refractivity contribution in [3.63, 3.8) is 0 Å². The molecule has 0 aliphatic heterocycles. The highest BCUT2D eigenvalue weighted by molar-refractivity contribution is 5.59. The highest BCUT2D eigenvalue weighted by Crippen LogP contribution is 2.16. The predicted octanol–water partition coefficient (Wildman–Crippen LogP) is 2.74. The molecular formula is C15H12N3O2-. The molecule has 0 aliphatic carbocycles. The minimum Gasteiger partial charge on any atom is -0.761 e. The number of hydrogen-bond donors (Lipinski definition) is 2. The summed E-state index contributed by atoms with van der Waals surface area (Å²) in [7, 11) is 0. The first kappa shape index (κ1) is 12.3. The zero-order valence-corrected chi connectivity index (χ0v) is 10.5. The first-order chi connectivity index (χ1) is 9.78. The third-order valence-corrected chi connectivity index (χ3v) is 3.05. The van der Waals surface area contributed by atoms with Gasteiger partial charge in [-0.15, -0.1) is 0 Å². The fourth-order valence-corrected chi connectivity index (χ4v) is 2.03. The second-order valence-electron chi connectivity index (χ2n) is 4.36. The summed E-state index contributed by atoms with van der Waals surface area (Å²) in [5.74, 6) is 0. The smallest absolute Gasteiger partial charge is 0.271 e. The highest BCUT2D eigenvalue weighted by Gasteiger charge is 2.06. The number of benzene rings is 2. The van der Waals surface area contributed by atoms with E-state index in [9.17, 15) is 10.0 Å². The molecule has 20 heavy (non-hydrogen) atoms. The zero-order valence-electron chi connectivity index (χ0n) is 10.5. The van der Waals surface area contributed by atoms with Crippen LogP contribution in [-0.2, 0) is 0 Å². The molecular weight excluding hydrogens is 254 g/mol. The number of H-pyrrole nitrogens is 1. The van der Waals surface area contributed by atoms with E-state index in [2.05, 4.69) is 5.10 Å². The normalized spacial score (nSPS) is 10.4. The lowest BCUT2D eigenvalue weighted by atomic mass is 10.2. The Hall–Kier alpha value is -2.79. The third kappa shape index (κ3) is 2.22. The average Bonchev–Trinajstić information content (AvgIpc) is 2.90. The number of rotatable bonds is 3. The van der Waals surface area contributed by atoms with Crippen molar-refractivity contribution in [1.82, 2.24) is 9.78 Å². The van der Waals surface area contributed by atoms with E-state index in [4.69, 9.17) is 0 Å². The van der Waals surface area contributed by atoms with Crippen LogP contribution in [0.4, 0.5) is 5.69 Å². The second kappa shape index (κ2) is 5.07. The summed E-state index contributed by atoms with van der Waals surface area (Å²) < 4.78 is 1.44. The monoisotopic (exact) mass is 266 g/mol. The molecule has 0 bridgehead atoms. The Balaban J connectivity index is 2.02. The van der Waals surface area contributed by atoms with Gasteiger partial charge in [0.1, 0.15) is 0 Å². The molecule has 0 spiro atoms. The van der Waals surface area contributed by atoms with Crippen LogP contribution in [0.25, 0.3) is 16.9 Å². The van der Waals surface area contributed by atoms with E-state index in [0.717, 1.165) is 11.3 Å². The van der Waals surface area contributed by atoms with Crippen LogP contribution in [-0.4, -0.2) is 9.78 Å². The van der Waals surface area contributed by atoms with Crippen LogP contribution >= 0.6 is 0 Å².